The fraction of sp³-hybridized carbons (Fsp3) is 0.231. The van der Waals surface area contributed by atoms with Gasteiger partial charge >= 0.3 is 0 Å². The van der Waals surface area contributed by atoms with Crippen molar-refractivity contribution in [2.24, 2.45) is 0 Å². The van der Waals surface area contributed by atoms with Gasteiger partial charge in [-0.15, -0.1) is 0 Å². The Balaban J connectivity index is 2.24. The number of aliphatic hydroxyl groups is 1. The molecule has 2 aromatic rings. The van der Waals surface area contributed by atoms with Gasteiger partial charge in [-0.05, 0) is 29.8 Å². The number of benzene rings is 1. The summed E-state index contributed by atoms with van der Waals surface area (Å²) in [6.45, 7) is 2.02. The molecule has 1 unspecified atom stereocenters. The van der Waals surface area contributed by atoms with Crippen LogP contribution < -0.4 is 0 Å². The maximum absolute atomic E-state index is 10.1. The van der Waals surface area contributed by atoms with E-state index >= 15 is 0 Å². The number of hydrogen-bond acceptors (Lipinski definition) is 2. The molecule has 0 aliphatic heterocycles. The predicted molar refractivity (Wildman–Crippen MR) is 66.3 cm³/mol. The van der Waals surface area contributed by atoms with Crippen molar-refractivity contribution in [3.8, 4) is 0 Å². The second kappa shape index (κ2) is 4.85. The van der Waals surface area contributed by atoms with Gasteiger partial charge in [0, 0.05) is 10.9 Å². The summed E-state index contributed by atoms with van der Waals surface area (Å²) in [7, 11) is 0. The third kappa shape index (κ3) is 2.36. The highest BCUT2D eigenvalue weighted by Gasteiger charge is 2.14. The molecule has 2 nitrogen and oxygen atoms in total. The molecule has 0 bridgehead atoms. The zero-order valence-electron chi connectivity index (χ0n) is 8.98. The molecule has 1 atom stereocenters. The van der Waals surface area contributed by atoms with E-state index < -0.39 is 6.10 Å². The van der Waals surface area contributed by atoms with Crippen molar-refractivity contribution in [2.75, 3.05) is 0 Å². The minimum absolute atomic E-state index is 0.596. The van der Waals surface area contributed by atoms with Crippen molar-refractivity contribution in [3.05, 3.63) is 58.0 Å². The topological polar surface area (TPSA) is 33.4 Å². The Morgan fingerprint density at radius 3 is 2.44 bits per heavy atom. The quantitative estimate of drug-likeness (QED) is 0.930. The minimum atomic E-state index is -0.687. The lowest BCUT2D eigenvalue weighted by Crippen LogP contribution is -1.97. The number of rotatable bonds is 3. The first-order chi connectivity index (χ1) is 7.70. The summed E-state index contributed by atoms with van der Waals surface area (Å²) in [6, 6.07) is 11.3. The van der Waals surface area contributed by atoms with E-state index in [9.17, 15) is 5.11 Å². The lowest BCUT2D eigenvalue weighted by molar-refractivity contribution is 0.187. The second-order valence-corrected chi connectivity index (χ2v) is 4.53. The van der Waals surface area contributed by atoms with Crippen molar-refractivity contribution in [2.45, 2.75) is 19.4 Å². The molecule has 1 aromatic carbocycles. The highest BCUT2D eigenvalue weighted by Crippen LogP contribution is 2.25. The molecule has 0 aliphatic rings. The summed E-state index contributed by atoms with van der Waals surface area (Å²) in [5.41, 5.74) is 0.834. The van der Waals surface area contributed by atoms with Crippen LogP contribution in [0, 0.1) is 0 Å². The van der Waals surface area contributed by atoms with Crippen molar-refractivity contribution < 1.29 is 9.52 Å². The molecule has 0 saturated heterocycles. The second-order valence-electron chi connectivity index (χ2n) is 3.61. The molecular weight excluding hydrogens is 268 g/mol. The first-order valence-electron chi connectivity index (χ1n) is 5.23. The van der Waals surface area contributed by atoms with E-state index in [0.717, 1.165) is 22.2 Å². The van der Waals surface area contributed by atoms with Gasteiger partial charge in [-0.3, -0.25) is 0 Å². The number of aryl methyl sites for hydroxylation is 1. The van der Waals surface area contributed by atoms with E-state index in [2.05, 4.69) is 15.9 Å². The Bertz CT molecular complexity index is 459. The Hall–Kier alpha value is -1.06. The molecule has 1 aromatic heterocycles. The molecule has 1 heterocycles. The Morgan fingerprint density at radius 1 is 1.19 bits per heavy atom. The van der Waals surface area contributed by atoms with Crippen molar-refractivity contribution in [1.29, 1.82) is 0 Å². The fourth-order valence-electron chi connectivity index (χ4n) is 1.54. The predicted octanol–water partition coefficient (Wildman–Crippen LogP) is 3.69. The van der Waals surface area contributed by atoms with Crippen LogP contribution in [0.25, 0.3) is 0 Å². The standard InChI is InChI=1S/C13H13BrO2/c1-2-11-7-8-12(16-11)13(15)9-3-5-10(14)6-4-9/h3-8,13,15H,2H2,1H3. The van der Waals surface area contributed by atoms with Crippen LogP contribution in [-0.2, 0) is 6.42 Å². The average Bonchev–Trinajstić information content (AvgIpc) is 2.77. The van der Waals surface area contributed by atoms with Crippen LogP contribution in [0.15, 0.2) is 45.3 Å². The number of hydrogen-bond donors (Lipinski definition) is 1. The Kier molecular flexibility index (Phi) is 3.46. The van der Waals surface area contributed by atoms with Gasteiger partial charge < -0.3 is 9.52 Å². The van der Waals surface area contributed by atoms with Crippen molar-refractivity contribution >= 4 is 15.9 Å². The molecule has 0 amide bonds. The van der Waals surface area contributed by atoms with Crippen LogP contribution in [0.5, 0.6) is 0 Å². The summed E-state index contributed by atoms with van der Waals surface area (Å²) in [5.74, 6) is 1.49. The fourth-order valence-corrected chi connectivity index (χ4v) is 1.81. The summed E-state index contributed by atoms with van der Waals surface area (Å²) < 4.78 is 6.51. The molecule has 0 radical (unpaired) electrons. The lowest BCUT2D eigenvalue weighted by atomic mass is 10.1. The van der Waals surface area contributed by atoms with Crippen LogP contribution in [0.2, 0.25) is 0 Å². The monoisotopic (exact) mass is 280 g/mol. The van der Waals surface area contributed by atoms with Gasteiger partial charge in [-0.1, -0.05) is 35.0 Å². The van der Waals surface area contributed by atoms with Crippen LogP contribution in [0.1, 0.15) is 30.1 Å². The van der Waals surface area contributed by atoms with Crippen molar-refractivity contribution in [1.82, 2.24) is 0 Å². The zero-order valence-corrected chi connectivity index (χ0v) is 10.6. The molecule has 0 fully saturated rings. The molecule has 2 rings (SSSR count). The van der Waals surface area contributed by atoms with Crippen LogP contribution in [0.4, 0.5) is 0 Å². The molecule has 3 heteroatoms. The first-order valence-corrected chi connectivity index (χ1v) is 6.02. The molecule has 16 heavy (non-hydrogen) atoms. The molecule has 0 spiro atoms. The Morgan fingerprint density at radius 2 is 1.88 bits per heavy atom. The third-order valence-corrected chi connectivity index (χ3v) is 3.01. The van der Waals surface area contributed by atoms with E-state index in [-0.39, 0.29) is 0 Å². The van der Waals surface area contributed by atoms with Gasteiger partial charge in [0.25, 0.3) is 0 Å². The maximum atomic E-state index is 10.1. The summed E-state index contributed by atoms with van der Waals surface area (Å²) in [5, 5.41) is 10.1. The highest BCUT2D eigenvalue weighted by molar-refractivity contribution is 9.10. The van der Waals surface area contributed by atoms with E-state index in [4.69, 9.17) is 4.42 Å². The third-order valence-electron chi connectivity index (χ3n) is 2.49. The summed E-state index contributed by atoms with van der Waals surface area (Å²) >= 11 is 3.36. The average molecular weight is 281 g/mol. The van der Waals surface area contributed by atoms with Gasteiger partial charge in [0.1, 0.15) is 17.6 Å². The maximum Gasteiger partial charge on any atom is 0.137 e. The normalized spacial score (nSPS) is 12.7. The first kappa shape index (κ1) is 11.4. The SMILES string of the molecule is CCc1ccc(C(O)c2ccc(Br)cc2)o1. The van der Waals surface area contributed by atoms with Gasteiger partial charge in [-0.2, -0.15) is 0 Å². The molecule has 84 valence electrons. The lowest BCUT2D eigenvalue weighted by Gasteiger charge is -2.07. The summed E-state index contributed by atoms with van der Waals surface area (Å²) in [6.07, 6.45) is 0.154. The molecular formula is C13H13BrO2. The smallest absolute Gasteiger partial charge is 0.137 e. The van der Waals surface area contributed by atoms with E-state index in [1.54, 1.807) is 0 Å². The number of aliphatic hydroxyl groups excluding tert-OH is 1. The zero-order chi connectivity index (χ0) is 11.5. The highest BCUT2D eigenvalue weighted by atomic mass is 79.9. The molecule has 0 aliphatic carbocycles. The van der Waals surface area contributed by atoms with E-state index in [1.807, 2.05) is 43.3 Å². The minimum Gasteiger partial charge on any atom is -0.463 e. The van der Waals surface area contributed by atoms with Gasteiger partial charge in [0.15, 0.2) is 0 Å². The van der Waals surface area contributed by atoms with Crippen LogP contribution in [-0.4, -0.2) is 5.11 Å². The Labute approximate surface area is 103 Å². The number of furan rings is 1. The van der Waals surface area contributed by atoms with E-state index in [1.165, 1.54) is 0 Å². The van der Waals surface area contributed by atoms with Crippen LogP contribution in [0.3, 0.4) is 0 Å². The van der Waals surface area contributed by atoms with Gasteiger partial charge in [0.2, 0.25) is 0 Å². The largest absolute Gasteiger partial charge is 0.463 e. The van der Waals surface area contributed by atoms with Crippen molar-refractivity contribution in [3.63, 3.8) is 0 Å². The van der Waals surface area contributed by atoms with Gasteiger partial charge in [0.05, 0.1) is 0 Å². The summed E-state index contributed by atoms with van der Waals surface area (Å²) in [4.78, 5) is 0. The van der Waals surface area contributed by atoms with Crippen LogP contribution >= 0.6 is 15.9 Å². The van der Waals surface area contributed by atoms with Gasteiger partial charge in [-0.25, -0.2) is 0 Å². The molecule has 1 N–H and O–H groups in total. The molecule has 0 saturated carbocycles. The number of halogens is 1. The van der Waals surface area contributed by atoms with E-state index in [0.29, 0.717) is 5.76 Å².